The Kier molecular flexibility index (Phi) is 2.69. The van der Waals surface area contributed by atoms with Crippen molar-refractivity contribution in [1.82, 2.24) is 20.2 Å². The number of hydrogen-bond acceptors (Lipinski definition) is 5. The molecule has 1 heterocycles. The first-order chi connectivity index (χ1) is 8.06. The van der Waals surface area contributed by atoms with E-state index < -0.39 is 11.7 Å². The second kappa shape index (κ2) is 4.16. The summed E-state index contributed by atoms with van der Waals surface area (Å²) in [5.74, 6) is -1.35. The number of carbonyl (C=O) groups is 1. The van der Waals surface area contributed by atoms with E-state index in [-0.39, 0.29) is 17.2 Å². The molecule has 0 spiro atoms. The van der Waals surface area contributed by atoms with Crippen molar-refractivity contribution in [3.8, 4) is 0 Å². The fourth-order valence-corrected chi connectivity index (χ4v) is 1.22. The van der Waals surface area contributed by atoms with E-state index in [0.29, 0.717) is 0 Å². The second-order valence-electron chi connectivity index (χ2n) is 3.30. The fourth-order valence-electron chi connectivity index (χ4n) is 1.22. The number of nitrogens with one attached hydrogen (secondary N) is 1. The van der Waals surface area contributed by atoms with Crippen LogP contribution in [0, 0.1) is 5.82 Å². The minimum Gasteiger partial charge on any atom is -0.399 e. The van der Waals surface area contributed by atoms with Crippen molar-refractivity contribution < 1.29 is 9.18 Å². The molecular formula is C9H9FN6O. The molecule has 1 amide bonds. The lowest BCUT2D eigenvalue weighted by Crippen LogP contribution is -2.15. The van der Waals surface area contributed by atoms with Gasteiger partial charge in [0, 0.05) is 5.69 Å². The van der Waals surface area contributed by atoms with Gasteiger partial charge in [-0.15, -0.1) is 5.10 Å². The van der Waals surface area contributed by atoms with E-state index in [1.165, 1.54) is 16.9 Å². The topological polar surface area (TPSA) is 98.7 Å². The van der Waals surface area contributed by atoms with Crippen LogP contribution in [-0.2, 0) is 7.05 Å². The van der Waals surface area contributed by atoms with Gasteiger partial charge in [0.15, 0.2) is 0 Å². The molecule has 1 aromatic carbocycles. The van der Waals surface area contributed by atoms with Gasteiger partial charge in [-0.3, -0.25) is 10.1 Å². The number of anilines is 2. The maximum atomic E-state index is 13.4. The van der Waals surface area contributed by atoms with Crippen LogP contribution >= 0.6 is 0 Å². The fraction of sp³-hybridized carbons (Fsp3) is 0.111. The molecule has 7 nitrogen and oxygen atoms in total. The van der Waals surface area contributed by atoms with Gasteiger partial charge in [0.2, 0.25) is 0 Å². The third kappa shape index (κ3) is 2.36. The van der Waals surface area contributed by atoms with Crippen LogP contribution < -0.4 is 11.1 Å². The number of amides is 1. The molecule has 0 saturated heterocycles. The number of benzene rings is 1. The van der Waals surface area contributed by atoms with E-state index >= 15 is 0 Å². The van der Waals surface area contributed by atoms with Gasteiger partial charge in [0.25, 0.3) is 11.9 Å². The molecule has 0 aliphatic heterocycles. The quantitative estimate of drug-likeness (QED) is 0.725. The summed E-state index contributed by atoms with van der Waals surface area (Å²) in [6.45, 7) is 0. The van der Waals surface area contributed by atoms with E-state index in [0.717, 1.165) is 6.07 Å². The molecule has 8 heteroatoms. The van der Waals surface area contributed by atoms with Crippen molar-refractivity contribution in [1.29, 1.82) is 0 Å². The Morgan fingerprint density at radius 1 is 1.53 bits per heavy atom. The van der Waals surface area contributed by atoms with Crippen molar-refractivity contribution in [3.63, 3.8) is 0 Å². The lowest BCUT2D eigenvalue weighted by molar-refractivity contribution is 0.102. The zero-order valence-corrected chi connectivity index (χ0v) is 8.88. The zero-order chi connectivity index (χ0) is 12.4. The molecule has 0 atom stereocenters. The highest BCUT2D eigenvalue weighted by Crippen LogP contribution is 2.12. The molecule has 3 N–H and O–H groups in total. The Labute approximate surface area is 95.4 Å². The number of tetrazole rings is 1. The summed E-state index contributed by atoms with van der Waals surface area (Å²) in [6, 6.07) is 3.79. The number of rotatable bonds is 2. The van der Waals surface area contributed by atoms with E-state index in [9.17, 15) is 9.18 Å². The molecule has 0 bridgehead atoms. The zero-order valence-electron chi connectivity index (χ0n) is 8.88. The van der Waals surface area contributed by atoms with Crippen LogP contribution in [0.25, 0.3) is 0 Å². The molecule has 2 rings (SSSR count). The van der Waals surface area contributed by atoms with E-state index in [4.69, 9.17) is 5.73 Å². The number of halogens is 1. The minimum absolute atomic E-state index is 0.00808. The Morgan fingerprint density at radius 2 is 2.29 bits per heavy atom. The molecule has 0 aliphatic carbocycles. The summed E-state index contributed by atoms with van der Waals surface area (Å²) in [7, 11) is 1.55. The molecule has 0 radical (unpaired) electrons. The van der Waals surface area contributed by atoms with Gasteiger partial charge >= 0.3 is 0 Å². The number of aryl methyl sites for hydroxylation is 1. The average molecular weight is 236 g/mol. The van der Waals surface area contributed by atoms with Gasteiger partial charge in [-0.1, -0.05) is 5.10 Å². The van der Waals surface area contributed by atoms with Gasteiger partial charge in [0.05, 0.1) is 12.6 Å². The van der Waals surface area contributed by atoms with Gasteiger partial charge in [-0.25, -0.2) is 4.39 Å². The molecule has 0 saturated carbocycles. The van der Waals surface area contributed by atoms with Crippen LogP contribution in [0.5, 0.6) is 0 Å². The molecule has 0 fully saturated rings. The van der Waals surface area contributed by atoms with Gasteiger partial charge in [0.1, 0.15) is 5.82 Å². The number of nitrogen functional groups attached to an aromatic ring is 1. The highest BCUT2D eigenvalue weighted by Gasteiger charge is 2.13. The van der Waals surface area contributed by atoms with Crippen LogP contribution in [0.2, 0.25) is 0 Å². The Hall–Kier alpha value is -2.51. The lowest BCUT2D eigenvalue weighted by Gasteiger charge is -2.02. The first-order valence-corrected chi connectivity index (χ1v) is 4.66. The summed E-state index contributed by atoms with van der Waals surface area (Å²) in [4.78, 5) is 12.8. The van der Waals surface area contributed by atoms with Crippen molar-refractivity contribution >= 4 is 17.5 Å². The third-order valence-corrected chi connectivity index (χ3v) is 1.97. The van der Waals surface area contributed by atoms with E-state index in [1.807, 2.05) is 0 Å². The van der Waals surface area contributed by atoms with Crippen molar-refractivity contribution in [2.24, 2.45) is 7.05 Å². The molecule has 17 heavy (non-hydrogen) atoms. The summed E-state index contributed by atoms with van der Waals surface area (Å²) in [5, 5.41) is 13.1. The molecule has 1 aromatic heterocycles. The predicted molar refractivity (Wildman–Crippen MR) is 57.6 cm³/mol. The number of nitrogens with two attached hydrogens (primary N) is 1. The second-order valence-corrected chi connectivity index (χ2v) is 3.30. The summed E-state index contributed by atoms with van der Waals surface area (Å²) >= 11 is 0. The van der Waals surface area contributed by atoms with Gasteiger partial charge in [-0.05, 0) is 23.4 Å². The summed E-state index contributed by atoms with van der Waals surface area (Å²) < 4.78 is 13.4. The monoisotopic (exact) mass is 236 g/mol. The molecular weight excluding hydrogens is 227 g/mol. The minimum atomic E-state index is -0.702. The first-order valence-electron chi connectivity index (χ1n) is 4.66. The SMILES string of the molecule is Cn1nnc(NC(=O)c2ccc(N)cc2F)n1. The van der Waals surface area contributed by atoms with Crippen molar-refractivity contribution in [2.75, 3.05) is 11.1 Å². The Bertz CT molecular complexity index is 566. The predicted octanol–water partition coefficient (Wildman–Crippen LogP) is 0.184. The van der Waals surface area contributed by atoms with Gasteiger partial charge < -0.3 is 5.73 Å². The van der Waals surface area contributed by atoms with E-state index in [1.54, 1.807) is 7.05 Å². The van der Waals surface area contributed by atoms with Crippen LogP contribution in [0.4, 0.5) is 16.0 Å². The highest BCUT2D eigenvalue weighted by atomic mass is 19.1. The number of carbonyl (C=O) groups excluding carboxylic acids is 1. The third-order valence-electron chi connectivity index (χ3n) is 1.97. The summed E-state index contributed by atoms with van der Waals surface area (Å²) in [6.07, 6.45) is 0. The van der Waals surface area contributed by atoms with Crippen molar-refractivity contribution in [3.05, 3.63) is 29.6 Å². The molecule has 0 unspecified atom stereocenters. The van der Waals surface area contributed by atoms with Crippen LogP contribution in [0.15, 0.2) is 18.2 Å². The largest absolute Gasteiger partial charge is 0.399 e. The Balaban J connectivity index is 2.20. The van der Waals surface area contributed by atoms with Gasteiger partial charge in [-0.2, -0.15) is 4.80 Å². The Morgan fingerprint density at radius 3 is 2.88 bits per heavy atom. The van der Waals surface area contributed by atoms with Crippen LogP contribution in [-0.4, -0.2) is 26.1 Å². The number of hydrogen-bond donors (Lipinski definition) is 2. The number of aromatic nitrogens is 4. The number of nitrogens with zero attached hydrogens (tertiary/aromatic N) is 4. The lowest BCUT2D eigenvalue weighted by atomic mass is 10.2. The van der Waals surface area contributed by atoms with Crippen molar-refractivity contribution in [2.45, 2.75) is 0 Å². The average Bonchev–Trinajstić information content (AvgIpc) is 2.63. The van der Waals surface area contributed by atoms with Crippen LogP contribution in [0.1, 0.15) is 10.4 Å². The standard InChI is InChI=1S/C9H9FN6O/c1-16-14-9(13-15-16)12-8(17)6-3-2-5(11)4-7(6)10/h2-4H,11H2,1H3,(H,12,14,17). The maximum absolute atomic E-state index is 13.4. The molecule has 88 valence electrons. The van der Waals surface area contributed by atoms with E-state index in [2.05, 4.69) is 20.7 Å². The van der Waals surface area contributed by atoms with Crippen LogP contribution in [0.3, 0.4) is 0 Å². The summed E-state index contributed by atoms with van der Waals surface area (Å²) in [5.41, 5.74) is 5.49. The first kappa shape index (κ1) is 11.0. The molecule has 0 aliphatic rings. The highest BCUT2D eigenvalue weighted by molar-refractivity contribution is 6.03. The normalized spacial score (nSPS) is 10.2. The smallest absolute Gasteiger partial charge is 0.270 e. The maximum Gasteiger partial charge on any atom is 0.270 e. The molecule has 2 aromatic rings.